The van der Waals surface area contributed by atoms with Crippen LogP contribution in [0.3, 0.4) is 0 Å². The molecule has 7 atom stereocenters. The van der Waals surface area contributed by atoms with E-state index in [4.69, 9.17) is 48.4 Å². The van der Waals surface area contributed by atoms with Crippen LogP contribution in [0.5, 0.6) is 11.5 Å². The number of aliphatic hydroxyl groups excluding tert-OH is 2. The molecule has 0 radical (unpaired) electrons. The Morgan fingerprint density at radius 2 is 1.63 bits per heavy atom. The second-order valence-electron chi connectivity index (χ2n) is 12.1. The number of carbonyl (C=O) groups excluding carboxylic acids is 2. The maximum absolute atomic E-state index is 13.6. The number of fused-ring (bicyclic) bond motifs is 1. The highest BCUT2D eigenvalue weighted by Crippen LogP contribution is 2.66. The van der Waals surface area contributed by atoms with Gasteiger partial charge >= 0.3 is 11.9 Å². The van der Waals surface area contributed by atoms with Gasteiger partial charge in [0.05, 0.1) is 38.2 Å². The minimum Gasteiger partial charge on any atom is -0.504 e. The van der Waals surface area contributed by atoms with Crippen molar-refractivity contribution in [3.8, 4) is 11.5 Å². The van der Waals surface area contributed by atoms with E-state index < -0.39 is 59.1 Å². The van der Waals surface area contributed by atoms with Crippen molar-refractivity contribution in [1.29, 1.82) is 0 Å². The van der Waals surface area contributed by atoms with E-state index in [9.17, 15) is 29.4 Å². The van der Waals surface area contributed by atoms with Crippen molar-refractivity contribution in [1.82, 2.24) is 9.80 Å². The van der Waals surface area contributed by atoms with Gasteiger partial charge in [-0.2, -0.15) is 0 Å². The summed E-state index contributed by atoms with van der Waals surface area (Å²) in [7, 11) is 0. The molecule has 2 aromatic carbocycles. The predicted molar refractivity (Wildman–Crippen MR) is 160 cm³/mol. The third-order valence-electron chi connectivity index (χ3n) is 10.0. The molecule has 1 saturated carbocycles. The summed E-state index contributed by atoms with van der Waals surface area (Å²) in [5.74, 6) is -4.06. The van der Waals surface area contributed by atoms with E-state index in [1.165, 1.54) is 17.0 Å². The van der Waals surface area contributed by atoms with Crippen LogP contribution in [0.4, 0.5) is 0 Å². The number of piperidine rings is 1. The monoisotopic (exact) mass is 676 g/mol. The molecule has 13 nitrogen and oxygen atoms in total. The zero-order valence-electron chi connectivity index (χ0n) is 24.1. The highest BCUT2D eigenvalue weighted by molar-refractivity contribution is 6.43. The Labute approximate surface area is 271 Å². The third kappa shape index (κ3) is 4.37. The standard InChI is InChI=1S/C27H24Cl2N2O5.C4H6O6/c1-2-8-30-9-7-26-21-13-3-4-19(32)22(21)36-23(26)18(5-6-27(26,35)20(30)10-13)31-24(33)14-11-16(28)17(29)12-15(14)25(31)34;5-1(3(7)8)2(6)4(9)10/h2-4,11-12,18,20,23,32,35H,1,5-10H2;1-2,5-6H,(H,7,8)(H,9,10)/t18-,20-,23+,26+,27?;/m1./s1. The summed E-state index contributed by atoms with van der Waals surface area (Å²) in [6.45, 7) is 5.25. The number of carboxylic acid groups (broad SMARTS) is 2. The van der Waals surface area contributed by atoms with E-state index in [-0.39, 0.29) is 33.0 Å². The van der Waals surface area contributed by atoms with E-state index in [0.29, 0.717) is 44.5 Å². The normalized spacial score (nSPS) is 29.9. The molecule has 2 bridgehead atoms. The number of likely N-dealkylation sites (tertiary alicyclic amines) is 1. The molecular formula is C31H30Cl2N2O11. The van der Waals surface area contributed by atoms with Crippen LogP contribution in [0.15, 0.2) is 36.9 Å². The number of phenols is 1. The minimum absolute atomic E-state index is 0.00604. The Kier molecular flexibility index (Phi) is 7.86. The minimum atomic E-state index is -2.27. The molecular weight excluding hydrogens is 647 g/mol. The molecule has 3 heterocycles. The van der Waals surface area contributed by atoms with Crippen molar-refractivity contribution in [3.63, 3.8) is 0 Å². The summed E-state index contributed by atoms with van der Waals surface area (Å²) >= 11 is 12.3. The van der Waals surface area contributed by atoms with E-state index in [1.807, 2.05) is 12.1 Å². The maximum atomic E-state index is 13.6. The van der Waals surface area contributed by atoms with Gasteiger partial charge in [-0.3, -0.25) is 19.4 Å². The lowest BCUT2D eigenvalue weighted by atomic mass is 9.48. The highest BCUT2D eigenvalue weighted by atomic mass is 35.5. The van der Waals surface area contributed by atoms with Crippen LogP contribution in [0.2, 0.25) is 10.0 Å². The van der Waals surface area contributed by atoms with E-state index in [1.54, 1.807) is 6.07 Å². The number of benzene rings is 2. The molecule has 1 saturated heterocycles. The number of phenolic OH excluding ortho intramolecular Hbond substituents is 1. The Balaban J connectivity index is 0.000000324. The molecule has 2 fully saturated rings. The van der Waals surface area contributed by atoms with Gasteiger partial charge in [-0.25, -0.2) is 9.59 Å². The molecule has 3 aliphatic heterocycles. The number of aromatic hydroxyl groups is 1. The summed E-state index contributed by atoms with van der Waals surface area (Å²) in [6, 6.07) is 5.62. The number of hydrogen-bond donors (Lipinski definition) is 6. The molecule has 6 N–H and O–H groups in total. The van der Waals surface area contributed by atoms with Gasteiger partial charge in [0.25, 0.3) is 11.8 Å². The van der Waals surface area contributed by atoms with Gasteiger partial charge in [0.1, 0.15) is 6.10 Å². The van der Waals surface area contributed by atoms with Crippen LogP contribution in [0.1, 0.15) is 51.1 Å². The Morgan fingerprint density at radius 3 is 2.17 bits per heavy atom. The smallest absolute Gasteiger partial charge is 0.335 e. The first-order chi connectivity index (χ1) is 21.7. The number of rotatable bonds is 6. The number of aliphatic carboxylic acids is 2. The zero-order chi connectivity index (χ0) is 33.5. The SMILES string of the molecule is C=CCN1CC[C@]23c4c5ccc(O)c4O[C@H]2[C@H](N2C(=O)c4cc(Cl)c(Cl)cc4C2=O)CCC3(O)[C@H]1C5.O=C(O)C(O)C(O)C(=O)O. The lowest BCUT2D eigenvalue weighted by Gasteiger charge is -2.64. The summed E-state index contributed by atoms with van der Waals surface area (Å²) in [5.41, 5.74) is 0.285. The van der Waals surface area contributed by atoms with Gasteiger partial charge in [0, 0.05) is 18.2 Å². The number of imide groups is 1. The van der Waals surface area contributed by atoms with Gasteiger partial charge < -0.3 is 35.4 Å². The molecule has 2 amide bonds. The topological polar surface area (TPSA) is 205 Å². The maximum Gasteiger partial charge on any atom is 0.335 e. The number of carboxylic acids is 2. The van der Waals surface area contributed by atoms with Crippen molar-refractivity contribution >= 4 is 47.0 Å². The number of nitrogens with zero attached hydrogens (tertiary/aromatic N) is 2. The quantitative estimate of drug-likeness (QED) is 0.191. The first kappa shape index (κ1) is 32.2. The fourth-order valence-electron chi connectivity index (χ4n) is 8.08. The number of ether oxygens (including phenoxy) is 1. The van der Waals surface area contributed by atoms with Gasteiger partial charge in [-0.05, 0) is 56.0 Å². The molecule has 2 aliphatic carbocycles. The van der Waals surface area contributed by atoms with Crippen LogP contribution in [0.25, 0.3) is 0 Å². The van der Waals surface area contributed by atoms with Gasteiger partial charge in [-0.15, -0.1) is 6.58 Å². The first-order valence-electron chi connectivity index (χ1n) is 14.5. The Morgan fingerprint density at radius 1 is 1.04 bits per heavy atom. The van der Waals surface area contributed by atoms with Crippen molar-refractivity contribution in [3.05, 3.63) is 69.2 Å². The Bertz CT molecular complexity index is 1640. The molecule has 1 spiro atoms. The van der Waals surface area contributed by atoms with Crippen LogP contribution in [-0.4, -0.2) is 113 Å². The second-order valence-corrected chi connectivity index (χ2v) is 12.9. The van der Waals surface area contributed by atoms with Crippen molar-refractivity contribution in [2.75, 3.05) is 13.1 Å². The summed E-state index contributed by atoms with van der Waals surface area (Å²) < 4.78 is 6.49. The highest BCUT2D eigenvalue weighted by Gasteiger charge is 2.74. The lowest BCUT2D eigenvalue weighted by molar-refractivity contribution is -0.194. The molecule has 46 heavy (non-hydrogen) atoms. The van der Waals surface area contributed by atoms with Crippen molar-refractivity contribution in [2.45, 2.75) is 67.1 Å². The molecule has 244 valence electrons. The average Bonchev–Trinajstić information content (AvgIpc) is 3.48. The number of aliphatic hydroxyl groups is 3. The van der Waals surface area contributed by atoms with E-state index >= 15 is 0 Å². The summed E-state index contributed by atoms with van der Waals surface area (Å²) in [6.07, 6.45) is -1.42. The molecule has 5 aliphatic rings. The average molecular weight is 677 g/mol. The third-order valence-corrected chi connectivity index (χ3v) is 10.7. The van der Waals surface area contributed by atoms with Crippen LogP contribution < -0.4 is 4.74 Å². The largest absolute Gasteiger partial charge is 0.504 e. The lowest BCUT2D eigenvalue weighted by Crippen LogP contribution is -2.78. The number of hydrogen-bond acceptors (Lipinski definition) is 10. The van der Waals surface area contributed by atoms with Gasteiger partial charge in [0.15, 0.2) is 23.7 Å². The number of halogens is 2. The van der Waals surface area contributed by atoms with E-state index in [0.717, 1.165) is 11.1 Å². The van der Waals surface area contributed by atoms with Gasteiger partial charge in [-0.1, -0.05) is 35.3 Å². The fourth-order valence-corrected chi connectivity index (χ4v) is 8.40. The first-order valence-corrected chi connectivity index (χ1v) is 15.2. The molecule has 2 aromatic rings. The number of carbonyl (C=O) groups is 4. The fraction of sp³-hybridized carbons (Fsp3) is 0.419. The molecule has 15 heteroatoms. The molecule has 3 unspecified atom stereocenters. The van der Waals surface area contributed by atoms with Crippen LogP contribution >= 0.6 is 23.2 Å². The summed E-state index contributed by atoms with van der Waals surface area (Å²) in [5, 5.41) is 56.2. The Hall–Kier alpha value is -3.72. The second kappa shape index (κ2) is 11.2. The van der Waals surface area contributed by atoms with E-state index in [2.05, 4.69) is 11.5 Å². The summed E-state index contributed by atoms with van der Waals surface area (Å²) in [4.78, 5) is 50.2. The number of amides is 2. The predicted octanol–water partition coefficient (Wildman–Crippen LogP) is 1.58. The molecule has 0 aromatic heterocycles. The van der Waals surface area contributed by atoms with Crippen LogP contribution in [0, 0.1) is 0 Å². The zero-order valence-corrected chi connectivity index (χ0v) is 25.6. The van der Waals surface area contributed by atoms with Crippen molar-refractivity contribution < 1.29 is 54.6 Å². The van der Waals surface area contributed by atoms with Gasteiger partial charge in [0.2, 0.25) is 0 Å². The van der Waals surface area contributed by atoms with Crippen molar-refractivity contribution in [2.24, 2.45) is 0 Å². The molecule has 7 rings (SSSR count). The van der Waals surface area contributed by atoms with Crippen LogP contribution in [-0.2, 0) is 21.4 Å².